The highest BCUT2D eigenvalue weighted by Gasteiger charge is 2.46. The average molecular weight is 235 g/mol. The first kappa shape index (κ1) is 13.8. The maximum absolute atomic E-state index is 9.96. The van der Waals surface area contributed by atoms with E-state index in [1.54, 1.807) is 4.90 Å². The minimum Gasteiger partial charge on any atom is -0.394 e. The summed E-state index contributed by atoms with van der Waals surface area (Å²) in [6.45, 7) is 4.62. The fourth-order valence-corrected chi connectivity index (χ4v) is 1.98. The highest BCUT2D eigenvalue weighted by molar-refractivity contribution is 4.93. The minimum atomic E-state index is -1.17. The molecule has 96 valence electrons. The van der Waals surface area contributed by atoms with Crippen LogP contribution in [0.2, 0.25) is 0 Å². The van der Waals surface area contributed by atoms with Crippen LogP contribution in [-0.2, 0) is 4.74 Å². The highest BCUT2D eigenvalue weighted by atomic mass is 16.6. The zero-order valence-corrected chi connectivity index (χ0v) is 9.65. The van der Waals surface area contributed by atoms with E-state index in [4.69, 9.17) is 9.84 Å². The van der Waals surface area contributed by atoms with Crippen LogP contribution in [0.1, 0.15) is 13.8 Å². The van der Waals surface area contributed by atoms with Gasteiger partial charge in [-0.2, -0.15) is 0 Å². The molecule has 1 aliphatic heterocycles. The van der Waals surface area contributed by atoms with Gasteiger partial charge in [-0.1, -0.05) is 13.8 Å². The summed E-state index contributed by atoms with van der Waals surface area (Å²) >= 11 is 0. The molecule has 0 spiro atoms. The third-order valence-corrected chi connectivity index (χ3v) is 3.06. The molecule has 0 amide bonds. The lowest BCUT2D eigenvalue weighted by Gasteiger charge is -2.30. The zero-order chi connectivity index (χ0) is 12.3. The monoisotopic (exact) mass is 235 g/mol. The fourth-order valence-electron chi connectivity index (χ4n) is 1.98. The van der Waals surface area contributed by atoms with Crippen LogP contribution in [0.15, 0.2) is 0 Å². The number of nitrogens with zero attached hydrogens (tertiary/aromatic N) is 1. The molecule has 6 heteroatoms. The smallest absolute Gasteiger partial charge is 0.136 e. The molecule has 0 saturated carbocycles. The fraction of sp³-hybridized carbons (Fsp3) is 1.00. The summed E-state index contributed by atoms with van der Waals surface area (Å²) in [7, 11) is 0. The molecular formula is C10H21NO5. The minimum absolute atomic E-state index is 0.375. The van der Waals surface area contributed by atoms with E-state index in [-0.39, 0.29) is 6.61 Å². The summed E-state index contributed by atoms with van der Waals surface area (Å²) in [6.07, 6.45) is -5.01. The second-order valence-electron chi connectivity index (χ2n) is 3.94. The van der Waals surface area contributed by atoms with Crippen LogP contribution < -0.4 is 0 Å². The molecule has 0 aromatic heterocycles. The first-order valence-electron chi connectivity index (χ1n) is 5.61. The second-order valence-corrected chi connectivity index (χ2v) is 3.94. The van der Waals surface area contributed by atoms with Gasteiger partial charge in [0, 0.05) is 0 Å². The van der Waals surface area contributed by atoms with Crippen molar-refractivity contribution >= 4 is 0 Å². The molecule has 1 unspecified atom stereocenters. The molecule has 5 atom stereocenters. The quantitative estimate of drug-likeness (QED) is 0.417. The van der Waals surface area contributed by atoms with Crippen LogP contribution in [0.5, 0.6) is 0 Å². The van der Waals surface area contributed by atoms with Crippen LogP contribution in [0.4, 0.5) is 0 Å². The van der Waals surface area contributed by atoms with Crippen LogP contribution in [0.3, 0.4) is 0 Å². The van der Waals surface area contributed by atoms with Gasteiger partial charge in [-0.3, -0.25) is 4.90 Å². The Labute approximate surface area is 95.1 Å². The van der Waals surface area contributed by atoms with Gasteiger partial charge in [0.2, 0.25) is 0 Å². The first-order valence-corrected chi connectivity index (χ1v) is 5.61. The Morgan fingerprint density at radius 3 is 2.12 bits per heavy atom. The first-order chi connectivity index (χ1) is 7.56. The molecule has 1 fully saturated rings. The SMILES string of the molecule is CCN(CC)C(O)[C@H]1O[C@H](CO)[C@@H](O)[C@@H]1O. The topological polar surface area (TPSA) is 93.4 Å². The molecule has 0 bridgehead atoms. The molecule has 6 nitrogen and oxygen atoms in total. The molecule has 0 aliphatic carbocycles. The zero-order valence-electron chi connectivity index (χ0n) is 9.65. The third kappa shape index (κ3) is 2.53. The van der Waals surface area contributed by atoms with Gasteiger partial charge in [-0.15, -0.1) is 0 Å². The molecule has 0 aromatic rings. The lowest BCUT2D eigenvalue weighted by atomic mass is 10.1. The maximum Gasteiger partial charge on any atom is 0.136 e. The maximum atomic E-state index is 9.96. The van der Waals surface area contributed by atoms with Crippen molar-refractivity contribution in [2.24, 2.45) is 0 Å². The summed E-state index contributed by atoms with van der Waals surface area (Å²) in [5, 5.41) is 38.1. The van der Waals surface area contributed by atoms with Gasteiger partial charge in [-0.25, -0.2) is 0 Å². The van der Waals surface area contributed by atoms with Crippen molar-refractivity contribution in [3.63, 3.8) is 0 Å². The Hall–Kier alpha value is -0.240. The summed E-state index contributed by atoms with van der Waals surface area (Å²) < 4.78 is 5.24. The normalized spacial score (nSPS) is 36.9. The number of hydrogen-bond donors (Lipinski definition) is 4. The van der Waals surface area contributed by atoms with Crippen molar-refractivity contribution in [3.05, 3.63) is 0 Å². The molecule has 0 radical (unpaired) electrons. The molecular weight excluding hydrogens is 214 g/mol. The Morgan fingerprint density at radius 1 is 1.19 bits per heavy atom. The number of ether oxygens (including phenoxy) is 1. The van der Waals surface area contributed by atoms with Gasteiger partial charge in [0.15, 0.2) is 0 Å². The van der Waals surface area contributed by atoms with Crippen molar-refractivity contribution < 1.29 is 25.2 Å². The summed E-state index contributed by atoms with van der Waals surface area (Å²) in [5.74, 6) is 0. The second kappa shape index (κ2) is 5.90. The van der Waals surface area contributed by atoms with Gasteiger partial charge in [0.1, 0.15) is 30.6 Å². The lowest BCUT2D eigenvalue weighted by Crippen LogP contribution is -2.48. The van der Waals surface area contributed by atoms with Crippen molar-refractivity contribution in [1.82, 2.24) is 4.90 Å². The number of rotatable bonds is 5. The number of aliphatic hydroxyl groups is 4. The van der Waals surface area contributed by atoms with Crippen LogP contribution in [0.25, 0.3) is 0 Å². The molecule has 1 heterocycles. The van der Waals surface area contributed by atoms with E-state index in [1.807, 2.05) is 13.8 Å². The van der Waals surface area contributed by atoms with Gasteiger partial charge >= 0.3 is 0 Å². The number of likely N-dealkylation sites (N-methyl/N-ethyl adjacent to an activating group) is 1. The molecule has 16 heavy (non-hydrogen) atoms. The average Bonchev–Trinajstić information content (AvgIpc) is 2.57. The predicted molar refractivity (Wildman–Crippen MR) is 56.7 cm³/mol. The largest absolute Gasteiger partial charge is 0.394 e. The van der Waals surface area contributed by atoms with Crippen molar-refractivity contribution in [2.45, 2.75) is 44.5 Å². The third-order valence-electron chi connectivity index (χ3n) is 3.06. The standard InChI is InChI=1S/C10H21NO5/c1-3-11(4-2)10(15)9-8(14)7(13)6(5-12)16-9/h6-10,12-15H,3-5H2,1-2H3/t6-,7-,8+,9+,10?/m1/s1. The highest BCUT2D eigenvalue weighted by Crippen LogP contribution is 2.24. The molecule has 4 N–H and O–H groups in total. The Bertz CT molecular complexity index is 211. The Balaban J connectivity index is 2.66. The van der Waals surface area contributed by atoms with Crippen LogP contribution in [-0.4, -0.2) is 75.7 Å². The molecule has 1 rings (SSSR count). The van der Waals surface area contributed by atoms with Crippen LogP contribution in [0, 0.1) is 0 Å². The van der Waals surface area contributed by atoms with Gasteiger partial charge in [0.05, 0.1) is 6.61 Å². The van der Waals surface area contributed by atoms with E-state index in [9.17, 15) is 15.3 Å². The van der Waals surface area contributed by atoms with Crippen molar-refractivity contribution in [2.75, 3.05) is 19.7 Å². The molecule has 1 aliphatic rings. The van der Waals surface area contributed by atoms with E-state index in [0.29, 0.717) is 13.1 Å². The van der Waals surface area contributed by atoms with Crippen molar-refractivity contribution in [1.29, 1.82) is 0 Å². The number of aliphatic hydroxyl groups excluding tert-OH is 4. The van der Waals surface area contributed by atoms with E-state index < -0.39 is 30.6 Å². The van der Waals surface area contributed by atoms with E-state index in [2.05, 4.69) is 0 Å². The summed E-state index contributed by atoms with van der Waals surface area (Å²) in [4.78, 5) is 1.71. The summed E-state index contributed by atoms with van der Waals surface area (Å²) in [5.41, 5.74) is 0. The number of hydrogen-bond acceptors (Lipinski definition) is 6. The van der Waals surface area contributed by atoms with Gasteiger partial charge in [-0.05, 0) is 13.1 Å². The Morgan fingerprint density at radius 2 is 1.75 bits per heavy atom. The van der Waals surface area contributed by atoms with Gasteiger partial charge in [0.25, 0.3) is 0 Å². The van der Waals surface area contributed by atoms with Crippen LogP contribution >= 0.6 is 0 Å². The van der Waals surface area contributed by atoms with E-state index in [1.165, 1.54) is 0 Å². The Kier molecular flexibility index (Phi) is 5.10. The summed E-state index contributed by atoms with van der Waals surface area (Å²) in [6, 6.07) is 0. The predicted octanol–water partition coefficient (Wildman–Crippen LogP) is -1.87. The van der Waals surface area contributed by atoms with Gasteiger partial charge < -0.3 is 25.2 Å². The van der Waals surface area contributed by atoms with Crippen molar-refractivity contribution in [3.8, 4) is 0 Å². The molecule has 1 saturated heterocycles. The van der Waals surface area contributed by atoms with E-state index in [0.717, 1.165) is 0 Å². The lowest BCUT2D eigenvalue weighted by molar-refractivity contribution is -0.131. The van der Waals surface area contributed by atoms with E-state index >= 15 is 0 Å². The molecule has 0 aromatic carbocycles.